The maximum absolute atomic E-state index is 12.6. The van der Waals surface area contributed by atoms with Gasteiger partial charge in [0.25, 0.3) is 0 Å². The molecule has 0 bridgehead atoms. The Balaban J connectivity index is 1.34. The average molecular weight is 408 g/mol. The number of hydrogen-bond donors (Lipinski definition) is 1. The molecule has 2 aromatic heterocycles. The molecule has 1 N–H and O–H groups in total. The number of methoxy groups -OCH3 is 1. The lowest BCUT2D eigenvalue weighted by molar-refractivity contribution is -0.126. The van der Waals surface area contributed by atoms with E-state index in [1.165, 1.54) is 11.3 Å². The highest BCUT2D eigenvalue weighted by atomic mass is 32.1. The molecule has 148 valence electrons. The minimum absolute atomic E-state index is 0.0542. The fraction of sp³-hybridized carbons (Fsp3) is 0.238. The molecule has 0 saturated carbocycles. The third-order valence-electron chi connectivity index (χ3n) is 4.76. The molecule has 29 heavy (non-hydrogen) atoms. The van der Waals surface area contributed by atoms with E-state index in [2.05, 4.69) is 15.3 Å². The van der Waals surface area contributed by atoms with Crippen molar-refractivity contribution < 1.29 is 14.3 Å². The lowest BCUT2D eigenvalue weighted by atomic mass is 10.1. The Hall–Kier alpha value is -3.26. The fourth-order valence-corrected chi connectivity index (χ4v) is 4.01. The maximum atomic E-state index is 12.6. The van der Waals surface area contributed by atoms with E-state index in [-0.39, 0.29) is 24.2 Å². The lowest BCUT2D eigenvalue weighted by Crippen LogP contribution is -2.32. The van der Waals surface area contributed by atoms with Crippen molar-refractivity contribution in [3.63, 3.8) is 0 Å². The van der Waals surface area contributed by atoms with E-state index in [1.54, 1.807) is 30.3 Å². The third-order valence-corrected chi connectivity index (χ3v) is 5.67. The predicted octanol–water partition coefficient (Wildman–Crippen LogP) is 2.88. The monoisotopic (exact) mass is 408 g/mol. The molecule has 1 fully saturated rings. The van der Waals surface area contributed by atoms with Gasteiger partial charge in [0.2, 0.25) is 11.8 Å². The summed E-state index contributed by atoms with van der Waals surface area (Å²) in [5.74, 6) is 0.157. The molecule has 1 aliphatic rings. The summed E-state index contributed by atoms with van der Waals surface area (Å²) < 4.78 is 5.15. The molecule has 1 aromatic carbocycles. The molecule has 2 amide bonds. The molecule has 7 nitrogen and oxygen atoms in total. The number of carbonyl (C=O) groups excluding carboxylic acids is 2. The van der Waals surface area contributed by atoms with Crippen LogP contribution in [0, 0.1) is 5.92 Å². The molecule has 0 spiro atoms. The normalized spacial score (nSPS) is 16.1. The van der Waals surface area contributed by atoms with Gasteiger partial charge in [0, 0.05) is 30.2 Å². The topological polar surface area (TPSA) is 84.4 Å². The zero-order chi connectivity index (χ0) is 20.2. The van der Waals surface area contributed by atoms with Crippen LogP contribution in [0.25, 0.3) is 10.7 Å². The summed E-state index contributed by atoms with van der Waals surface area (Å²) >= 11 is 1.49. The Morgan fingerprint density at radius 3 is 2.83 bits per heavy atom. The van der Waals surface area contributed by atoms with Crippen LogP contribution in [-0.2, 0) is 16.1 Å². The summed E-state index contributed by atoms with van der Waals surface area (Å²) in [4.78, 5) is 35.4. The van der Waals surface area contributed by atoms with E-state index < -0.39 is 0 Å². The number of benzene rings is 1. The first-order valence-corrected chi connectivity index (χ1v) is 10.1. The first kappa shape index (κ1) is 19.1. The van der Waals surface area contributed by atoms with Gasteiger partial charge in [0.15, 0.2) is 0 Å². The van der Waals surface area contributed by atoms with Crippen LogP contribution in [0.5, 0.6) is 5.75 Å². The van der Waals surface area contributed by atoms with Gasteiger partial charge in [-0.15, -0.1) is 11.3 Å². The number of amides is 2. The summed E-state index contributed by atoms with van der Waals surface area (Å²) in [6.45, 7) is 0.697. The molecule has 3 heterocycles. The number of pyridine rings is 1. The van der Waals surface area contributed by atoms with E-state index in [0.717, 1.165) is 27.8 Å². The summed E-state index contributed by atoms with van der Waals surface area (Å²) in [7, 11) is 1.60. The second-order valence-corrected chi connectivity index (χ2v) is 7.54. The second kappa shape index (κ2) is 8.40. The number of anilines is 1. The highest BCUT2D eigenvalue weighted by Gasteiger charge is 2.35. The maximum Gasteiger partial charge on any atom is 0.227 e. The second-order valence-electron chi connectivity index (χ2n) is 6.68. The van der Waals surface area contributed by atoms with Gasteiger partial charge in [-0.25, -0.2) is 4.98 Å². The number of nitrogens with zero attached hydrogens (tertiary/aromatic N) is 3. The molecule has 1 aliphatic heterocycles. The smallest absolute Gasteiger partial charge is 0.227 e. The third kappa shape index (κ3) is 4.27. The van der Waals surface area contributed by atoms with Crippen LogP contribution in [0.1, 0.15) is 12.1 Å². The number of aromatic nitrogens is 2. The van der Waals surface area contributed by atoms with Crippen LogP contribution < -0.4 is 15.0 Å². The van der Waals surface area contributed by atoms with Crippen molar-refractivity contribution in [2.24, 2.45) is 5.92 Å². The van der Waals surface area contributed by atoms with E-state index in [1.807, 2.05) is 35.7 Å². The van der Waals surface area contributed by atoms with Gasteiger partial charge in [0.05, 0.1) is 31.0 Å². The Bertz CT molecular complexity index is 1000. The Morgan fingerprint density at radius 2 is 2.10 bits per heavy atom. The molecular formula is C21H20N4O3S. The van der Waals surface area contributed by atoms with Gasteiger partial charge in [-0.3, -0.25) is 14.6 Å². The van der Waals surface area contributed by atoms with Gasteiger partial charge in [-0.05, 0) is 36.4 Å². The SMILES string of the molecule is COc1ccc(N2CC(C(=O)NCc3csc(-c4ccccn4)n3)CC2=O)cc1. The summed E-state index contributed by atoms with van der Waals surface area (Å²) in [6.07, 6.45) is 1.93. The molecular weight excluding hydrogens is 388 g/mol. The molecule has 0 aliphatic carbocycles. The minimum atomic E-state index is -0.376. The largest absolute Gasteiger partial charge is 0.497 e. The van der Waals surface area contributed by atoms with E-state index >= 15 is 0 Å². The number of carbonyl (C=O) groups is 2. The van der Waals surface area contributed by atoms with Crippen LogP contribution in [0.4, 0.5) is 5.69 Å². The van der Waals surface area contributed by atoms with Gasteiger partial charge in [0.1, 0.15) is 10.8 Å². The van der Waals surface area contributed by atoms with Gasteiger partial charge in [-0.1, -0.05) is 6.07 Å². The van der Waals surface area contributed by atoms with E-state index in [0.29, 0.717) is 13.1 Å². The van der Waals surface area contributed by atoms with Crippen molar-refractivity contribution in [1.29, 1.82) is 0 Å². The Morgan fingerprint density at radius 1 is 1.28 bits per heavy atom. The van der Waals surface area contributed by atoms with Crippen molar-refractivity contribution in [3.05, 3.63) is 59.7 Å². The quantitative estimate of drug-likeness (QED) is 0.678. The Labute approximate surface area is 172 Å². The van der Waals surface area contributed by atoms with Crippen molar-refractivity contribution in [2.45, 2.75) is 13.0 Å². The molecule has 3 aromatic rings. The first-order valence-electron chi connectivity index (χ1n) is 9.22. The predicted molar refractivity (Wildman–Crippen MR) is 111 cm³/mol. The molecule has 1 saturated heterocycles. The zero-order valence-electron chi connectivity index (χ0n) is 15.9. The van der Waals surface area contributed by atoms with Crippen molar-refractivity contribution in [2.75, 3.05) is 18.6 Å². The number of thiazole rings is 1. The first-order chi connectivity index (χ1) is 14.1. The molecule has 1 atom stereocenters. The average Bonchev–Trinajstić information content (AvgIpc) is 3.40. The summed E-state index contributed by atoms with van der Waals surface area (Å²) in [6, 6.07) is 12.9. The van der Waals surface area contributed by atoms with Crippen LogP contribution >= 0.6 is 11.3 Å². The minimum Gasteiger partial charge on any atom is -0.497 e. The molecule has 4 rings (SSSR count). The summed E-state index contributed by atoms with van der Waals surface area (Å²) in [5, 5.41) is 5.63. The number of rotatable bonds is 6. The zero-order valence-corrected chi connectivity index (χ0v) is 16.7. The van der Waals surface area contributed by atoms with E-state index in [9.17, 15) is 9.59 Å². The highest BCUT2D eigenvalue weighted by molar-refractivity contribution is 7.13. The molecule has 0 radical (unpaired) electrons. The number of hydrogen-bond acceptors (Lipinski definition) is 6. The molecule has 1 unspecified atom stereocenters. The summed E-state index contributed by atoms with van der Waals surface area (Å²) in [5.41, 5.74) is 2.36. The lowest BCUT2D eigenvalue weighted by Gasteiger charge is -2.17. The van der Waals surface area contributed by atoms with Crippen LogP contribution in [0.3, 0.4) is 0 Å². The standard InChI is InChI=1S/C21H20N4O3S/c1-28-17-7-5-16(6-8-17)25-12-14(10-19(25)26)20(27)23-11-15-13-29-21(24-15)18-4-2-3-9-22-18/h2-9,13-14H,10-12H2,1H3,(H,23,27). The van der Waals surface area contributed by atoms with Crippen LogP contribution in [0.15, 0.2) is 54.0 Å². The Kier molecular flexibility index (Phi) is 5.53. The fourth-order valence-electron chi connectivity index (χ4n) is 3.21. The molecule has 8 heteroatoms. The van der Waals surface area contributed by atoms with Crippen molar-refractivity contribution >= 4 is 28.8 Å². The van der Waals surface area contributed by atoms with Crippen LogP contribution in [0.2, 0.25) is 0 Å². The van der Waals surface area contributed by atoms with Crippen LogP contribution in [-0.4, -0.2) is 35.4 Å². The number of nitrogens with one attached hydrogen (secondary N) is 1. The van der Waals surface area contributed by atoms with Gasteiger partial charge in [-0.2, -0.15) is 0 Å². The highest BCUT2D eigenvalue weighted by Crippen LogP contribution is 2.27. The van der Waals surface area contributed by atoms with Gasteiger partial charge >= 0.3 is 0 Å². The van der Waals surface area contributed by atoms with Crippen molar-refractivity contribution in [1.82, 2.24) is 15.3 Å². The number of ether oxygens (including phenoxy) is 1. The van der Waals surface area contributed by atoms with Gasteiger partial charge < -0.3 is 15.0 Å². The van der Waals surface area contributed by atoms with E-state index in [4.69, 9.17) is 4.74 Å². The van der Waals surface area contributed by atoms with Crippen molar-refractivity contribution in [3.8, 4) is 16.5 Å².